The van der Waals surface area contributed by atoms with Crippen molar-refractivity contribution in [2.75, 3.05) is 14.1 Å². The number of carbonyl (C=O) groups excluding carboxylic acids is 3. The van der Waals surface area contributed by atoms with Crippen LogP contribution in [0.5, 0.6) is 0 Å². The van der Waals surface area contributed by atoms with E-state index in [0.29, 0.717) is 6.42 Å². The summed E-state index contributed by atoms with van der Waals surface area (Å²) in [6.45, 7) is 23.5. The van der Waals surface area contributed by atoms with Gasteiger partial charge in [-0.25, -0.2) is 4.85 Å². The van der Waals surface area contributed by atoms with Crippen molar-refractivity contribution in [2.45, 2.75) is 106 Å². The van der Waals surface area contributed by atoms with Crippen LogP contribution in [0.1, 0.15) is 106 Å². The quantitative estimate of drug-likeness (QED) is 0.346. The maximum atomic E-state index is 14.6. The number of amides is 1. The summed E-state index contributed by atoms with van der Waals surface area (Å²) in [6, 6.07) is 0. The third-order valence-electron chi connectivity index (χ3n) is 13.4. The van der Waals surface area contributed by atoms with Gasteiger partial charge in [0.1, 0.15) is 0 Å². The summed E-state index contributed by atoms with van der Waals surface area (Å²) < 4.78 is 0. The van der Waals surface area contributed by atoms with Gasteiger partial charge in [-0.2, -0.15) is 0 Å². The molecular formula is C35H50N2O3. The Hall–Kier alpha value is -2.22. The highest BCUT2D eigenvalue weighted by atomic mass is 16.2. The average Bonchev–Trinajstić information content (AvgIpc) is 2.86. The van der Waals surface area contributed by atoms with Crippen molar-refractivity contribution in [1.29, 1.82) is 0 Å². The molecule has 0 aromatic rings. The van der Waals surface area contributed by atoms with E-state index < -0.39 is 10.8 Å². The summed E-state index contributed by atoms with van der Waals surface area (Å²) in [5.41, 5.74) is 0.0703. The number of rotatable bonds is 3. The summed E-state index contributed by atoms with van der Waals surface area (Å²) >= 11 is 0. The standard InChI is InChI=1S/C35H50N2O3/c1-30(2)15-17-35(14-12-27(39)37(9)10)18-16-34(7)28(22(35)20-30)24(38)19-26-32(5)21-23(36-8)29(40)31(3,4)25(32)11-13-33(26,34)6/h19,21-22,25,28H,11-18,20H2,1-7,9-10H3/t22-,25-,28-,32-,33+,34+,35+/m0/s1. The summed E-state index contributed by atoms with van der Waals surface area (Å²) in [6.07, 6.45) is 12.5. The molecule has 0 aromatic heterocycles. The lowest BCUT2D eigenvalue weighted by atomic mass is 9.34. The highest BCUT2D eigenvalue weighted by molar-refractivity contribution is 6.03. The molecule has 0 radical (unpaired) electrons. The van der Waals surface area contributed by atoms with Gasteiger partial charge in [-0.1, -0.05) is 60.1 Å². The monoisotopic (exact) mass is 546 g/mol. The maximum absolute atomic E-state index is 14.6. The van der Waals surface area contributed by atoms with E-state index in [1.54, 1.807) is 4.90 Å². The van der Waals surface area contributed by atoms with Crippen molar-refractivity contribution in [3.05, 3.63) is 34.8 Å². The Morgan fingerprint density at radius 3 is 2.27 bits per heavy atom. The zero-order valence-electron chi connectivity index (χ0n) is 26.4. The number of Topliss-reactive ketones (excluding diaryl/α,β-unsaturated/α-hetero) is 1. The average molecular weight is 547 g/mol. The Morgan fingerprint density at radius 2 is 1.65 bits per heavy atom. The Morgan fingerprint density at radius 1 is 1.00 bits per heavy atom. The molecule has 5 aliphatic carbocycles. The van der Waals surface area contributed by atoms with Gasteiger partial charge in [0.2, 0.25) is 11.6 Å². The Labute approximate surface area is 242 Å². The van der Waals surface area contributed by atoms with E-state index in [1.807, 2.05) is 40.1 Å². The molecule has 0 saturated heterocycles. The highest BCUT2D eigenvalue weighted by Gasteiger charge is 2.69. The fraction of sp³-hybridized carbons (Fsp3) is 0.771. The Bertz CT molecular complexity index is 1260. The minimum atomic E-state index is -0.638. The lowest BCUT2D eigenvalue weighted by Gasteiger charge is -2.69. The Balaban J connectivity index is 1.63. The summed E-state index contributed by atoms with van der Waals surface area (Å²) in [4.78, 5) is 46.0. The molecule has 3 fully saturated rings. The van der Waals surface area contributed by atoms with Gasteiger partial charge < -0.3 is 9.69 Å². The van der Waals surface area contributed by atoms with E-state index >= 15 is 0 Å². The molecule has 0 bridgehead atoms. The first-order valence-corrected chi connectivity index (χ1v) is 15.5. The molecule has 0 aliphatic heterocycles. The second-order valence-corrected chi connectivity index (χ2v) is 16.4. The second-order valence-electron chi connectivity index (χ2n) is 16.4. The zero-order chi connectivity index (χ0) is 29.7. The molecule has 40 heavy (non-hydrogen) atoms. The molecule has 218 valence electrons. The predicted octanol–water partition coefficient (Wildman–Crippen LogP) is 7.43. The SMILES string of the molecule is [C-]#[N+]C1=C[C@]2(C)C3=CC(=O)[C@@H]4[C@@H]5CC(C)(C)CC[C@]5(CCC(=O)N(C)C)CC[C@@]4(C)[C@]3(C)CC[C@H]2C(C)(C)C1=O. The van der Waals surface area contributed by atoms with Gasteiger partial charge in [-0.05, 0) is 90.9 Å². The van der Waals surface area contributed by atoms with Crippen LogP contribution >= 0.6 is 0 Å². The van der Waals surface area contributed by atoms with Gasteiger partial charge in [-0.15, -0.1) is 0 Å². The topological polar surface area (TPSA) is 58.8 Å². The number of hydrogen-bond donors (Lipinski definition) is 0. The van der Waals surface area contributed by atoms with Crippen molar-refractivity contribution in [2.24, 2.45) is 50.2 Å². The fourth-order valence-corrected chi connectivity index (χ4v) is 10.7. The first-order chi connectivity index (χ1) is 18.4. The van der Waals surface area contributed by atoms with Crippen molar-refractivity contribution in [3.63, 3.8) is 0 Å². The molecule has 1 amide bonds. The van der Waals surface area contributed by atoms with E-state index in [1.165, 1.54) is 0 Å². The molecule has 3 saturated carbocycles. The molecule has 0 heterocycles. The number of nitrogens with zero attached hydrogens (tertiary/aromatic N) is 2. The number of ketones is 2. The number of allylic oxidation sites excluding steroid dienone is 4. The zero-order valence-corrected chi connectivity index (χ0v) is 26.4. The van der Waals surface area contributed by atoms with E-state index in [-0.39, 0.29) is 62.6 Å². The highest BCUT2D eigenvalue weighted by Crippen LogP contribution is 2.75. The van der Waals surface area contributed by atoms with E-state index in [2.05, 4.69) is 39.5 Å². The van der Waals surface area contributed by atoms with Crippen LogP contribution in [0.3, 0.4) is 0 Å². The first kappa shape index (κ1) is 29.3. The molecule has 5 nitrogen and oxygen atoms in total. The summed E-state index contributed by atoms with van der Waals surface area (Å²) in [7, 11) is 3.67. The number of hydrogen-bond acceptors (Lipinski definition) is 3. The van der Waals surface area contributed by atoms with Gasteiger partial charge in [0, 0.05) is 37.3 Å². The normalized spacial score (nSPS) is 43.1. The third kappa shape index (κ3) is 3.80. The molecule has 0 N–H and O–H groups in total. The third-order valence-corrected chi connectivity index (χ3v) is 13.4. The largest absolute Gasteiger partial charge is 0.349 e. The lowest BCUT2D eigenvalue weighted by molar-refractivity contribution is -0.173. The summed E-state index contributed by atoms with van der Waals surface area (Å²) in [5.74, 6) is 0.634. The molecule has 5 rings (SSSR count). The van der Waals surface area contributed by atoms with E-state index in [4.69, 9.17) is 6.57 Å². The molecular weight excluding hydrogens is 496 g/mol. The molecule has 7 atom stereocenters. The van der Waals surface area contributed by atoms with Crippen LogP contribution in [0.15, 0.2) is 23.4 Å². The smallest absolute Gasteiger partial charge is 0.226 e. The fourth-order valence-electron chi connectivity index (χ4n) is 10.7. The second kappa shape index (κ2) is 8.89. The Kier molecular flexibility index (Phi) is 6.51. The molecule has 0 unspecified atom stereocenters. The van der Waals surface area contributed by atoms with Crippen molar-refractivity contribution >= 4 is 17.5 Å². The minimum Gasteiger partial charge on any atom is -0.349 e. The molecule has 0 spiro atoms. The van der Waals surface area contributed by atoms with Gasteiger partial charge in [0.15, 0.2) is 11.6 Å². The maximum Gasteiger partial charge on any atom is 0.226 e. The van der Waals surface area contributed by atoms with Crippen molar-refractivity contribution in [3.8, 4) is 0 Å². The number of carbonyl (C=O) groups is 3. The lowest BCUT2D eigenvalue weighted by Crippen LogP contribution is -2.64. The predicted molar refractivity (Wildman–Crippen MR) is 158 cm³/mol. The van der Waals surface area contributed by atoms with Crippen molar-refractivity contribution in [1.82, 2.24) is 4.90 Å². The van der Waals surface area contributed by atoms with Gasteiger partial charge in [0.25, 0.3) is 0 Å². The van der Waals surface area contributed by atoms with Crippen LogP contribution in [-0.2, 0) is 14.4 Å². The van der Waals surface area contributed by atoms with E-state index in [0.717, 1.165) is 56.9 Å². The van der Waals surface area contributed by atoms with Crippen LogP contribution in [0, 0.1) is 56.8 Å². The van der Waals surface area contributed by atoms with Gasteiger partial charge >= 0.3 is 0 Å². The molecule has 5 aliphatic rings. The van der Waals surface area contributed by atoms with Crippen LogP contribution in [0.25, 0.3) is 4.85 Å². The molecule has 0 aromatic carbocycles. The summed E-state index contributed by atoms with van der Waals surface area (Å²) in [5, 5.41) is 0. The van der Waals surface area contributed by atoms with Crippen LogP contribution < -0.4 is 0 Å². The minimum absolute atomic E-state index is 0.0280. The molecule has 5 heteroatoms. The van der Waals surface area contributed by atoms with Crippen LogP contribution in [0.2, 0.25) is 0 Å². The van der Waals surface area contributed by atoms with Crippen molar-refractivity contribution < 1.29 is 14.4 Å². The number of fused-ring (bicyclic) bond motifs is 7. The van der Waals surface area contributed by atoms with Gasteiger partial charge in [0.05, 0.1) is 6.57 Å². The van der Waals surface area contributed by atoms with Gasteiger partial charge in [-0.3, -0.25) is 9.59 Å². The van der Waals surface area contributed by atoms with E-state index in [9.17, 15) is 14.4 Å². The first-order valence-electron chi connectivity index (χ1n) is 15.5. The van der Waals surface area contributed by atoms with Crippen LogP contribution in [0.4, 0.5) is 0 Å². The van der Waals surface area contributed by atoms with Crippen LogP contribution in [-0.4, -0.2) is 36.5 Å².